The van der Waals surface area contributed by atoms with Crippen LogP contribution in [0.2, 0.25) is 0 Å². The Labute approximate surface area is 165 Å². The first-order valence-corrected chi connectivity index (χ1v) is 9.99. The van der Waals surface area contributed by atoms with E-state index in [1.165, 1.54) is 23.1 Å². The summed E-state index contributed by atoms with van der Waals surface area (Å²) in [6.07, 6.45) is 0. The van der Waals surface area contributed by atoms with Gasteiger partial charge in [0.05, 0.1) is 37.4 Å². The molecular weight excluding hydrogens is 390 g/mol. The third-order valence-corrected chi connectivity index (χ3v) is 5.41. The smallest absolute Gasteiger partial charge is 0.315 e. The molecule has 0 fully saturated rings. The van der Waals surface area contributed by atoms with Gasteiger partial charge in [0, 0.05) is 0 Å². The maximum atomic E-state index is 12.3. The van der Waals surface area contributed by atoms with E-state index < -0.39 is 5.25 Å². The van der Waals surface area contributed by atoms with Crippen LogP contribution in [0, 0.1) is 0 Å². The number of hydrogen-bond donors (Lipinski definition) is 1. The minimum Gasteiger partial charge on any atom is -0.497 e. The summed E-state index contributed by atoms with van der Waals surface area (Å²) in [5.41, 5.74) is 0.722. The van der Waals surface area contributed by atoms with E-state index in [2.05, 4.69) is 15.5 Å². The molecule has 0 saturated heterocycles. The number of aromatic nitrogens is 2. The lowest BCUT2D eigenvalue weighted by Gasteiger charge is -2.09. The van der Waals surface area contributed by atoms with E-state index >= 15 is 0 Å². The lowest BCUT2D eigenvalue weighted by atomic mass is 10.2. The monoisotopic (exact) mass is 411 g/mol. The predicted octanol–water partition coefficient (Wildman–Crippen LogP) is 2.85. The number of benzene rings is 1. The van der Waals surface area contributed by atoms with Gasteiger partial charge in [-0.05, 0) is 32.0 Å². The Balaban J connectivity index is 2.03. The van der Waals surface area contributed by atoms with Crippen LogP contribution in [0.3, 0.4) is 0 Å². The van der Waals surface area contributed by atoms with Crippen molar-refractivity contribution in [2.24, 2.45) is 0 Å². The zero-order valence-electron chi connectivity index (χ0n) is 15.5. The molecule has 27 heavy (non-hydrogen) atoms. The van der Waals surface area contributed by atoms with E-state index in [9.17, 15) is 9.59 Å². The number of nitrogens with zero attached hydrogens (tertiary/aromatic N) is 2. The highest BCUT2D eigenvalue weighted by molar-refractivity contribution is 8.01. The van der Waals surface area contributed by atoms with E-state index in [1.54, 1.807) is 46.3 Å². The Morgan fingerprint density at radius 3 is 2.70 bits per heavy atom. The molecule has 146 valence electrons. The Kier molecular flexibility index (Phi) is 7.86. The van der Waals surface area contributed by atoms with Gasteiger partial charge in [-0.3, -0.25) is 14.9 Å². The standard InChI is InChI=1S/C17H21N3O5S2/c1-5-25-14(21)9-26-10(2)15(22)18-17-20-19-16(27-17)12-8-11(23-3)6-7-13(12)24-4/h6-8,10H,5,9H2,1-4H3,(H,18,20,22)/t10-/m1/s1. The second kappa shape index (κ2) is 10.1. The Morgan fingerprint density at radius 1 is 1.26 bits per heavy atom. The van der Waals surface area contributed by atoms with Gasteiger partial charge in [-0.25, -0.2) is 0 Å². The summed E-state index contributed by atoms with van der Waals surface area (Å²) in [4.78, 5) is 23.6. The minimum atomic E-state index is -0.437. The van der Waals surface area contributed by atoms with Crippen LogP contribution in [0.4, 0.5) is 5.13 Å². The van der Waals surface area contributed by atoms with Crippen LogP contribution in [-0.4, -0.2) is 53.9 Å². The molecule has 1 atom stereocenters. The summed E-state index contributed by atoms with van der Waals surface area (Å²) in [7, 11) is 3.14. The van der Waals surface area contributed by atoms with Gasteiger partial charge in [-0.2, -0.15) is 0 Å². The molecule has 1 aromatic carbocycles. The number of methoxy groups -OCH3 is 2. The molecule has 0 saturated carbocycles. The fourth-order valence-corrected chi connectivity index (χ4v) is 3.49. The lowest BCUT2D eigenvalue weighted by molar-refractivity contribution is -0.139. The number of thioether (sulfide) groups is 1. The van der Waals surface area contributed by atoms with Gasteiger partial charge < -0.3 is 14.2 Å². The number of carbonyl (C=O) groups excluding carboxylic acids is 2. The van der Waals surface area contributed by atoms with Gasteiger partial charge in [-0.15, -0.1) is 22.0 Å². The highest BCUT2D eigenvalue weighted by atomic mass is 32.2. The third kappa shape index (κ3) is 5.83. The molecule has 0 spiro atoms. The number of esters is 1. The molecule has 0 radical (unpaired) electrons. The largest absolute Gasteiger partial charge is 0.497 e. The maximum absolute atomic E-state index is 12.3. The van der Waals surface area contributed by atoms with Crippen molar-refractivity contribution in [3.63, 3.8) is 0 Å². The topological polar surface area (TPSA) is 99.6 Å². The number of carbonyl (C=O) groups is 2. The van der Waals surface area contributed by atoms with E-state index in [4.69, 9.17) is 14.2 Å². The number of ether oxygens (including phenoxy) is 3. The van der Waals surface area contributed by atoms with E-state index in [0.717, 1.165) is 5.56 Å². The summed E-state index contributed by atoms with van der Waals surface area (Å²) in [5.74, 6) is 0.805. The van der Waals surface area contributed by atoms with E-state index in [1.807, 2.05) is 0 Å². The molecule has 0 unspecified atom stereocenters. The molecule has 1 heterocycles. The molecule has 0 aliphatic carbocycles. The number of rotatable bonds is 9. The van der Waals surface area contributed by atoms with Gasteiger partial charge in [0.25, 0.3) is 0 Å². The summed E-state index contributed by atoms with van der Waals surface area (Å²) in [6.45, 7) is 3.77. The highest BCUT2D eigenvalue weighted by Crippen LogP contribution is 2.36. The maximum Gasteiger partial charge on any atom is 0.315 e. The van der Waals surface area contributed by atoms with Crippen molar-refractivity contribution < 1.29 is 23.8 Å². The van der Waals surface area contributed by atoms with Gasteiger partial charge >= 0.3 is 5.97 Å². The van der Waals surface area contributed by atoms with Gasteiger partial charge in [0.1, 0.15) is 11.5 Å². The first kappa shape index (κ1) is 21.0. The van der Waals surface area contributed by atoms with Crippen molar-refractivity contribution >= 4 is 40.1 Å². The molecule has 0 bridgehead atoms. The number of hydrogen-bond acceptors (Lipinski definition) is 9. The van der Waals surface area contributed by atoms with Gasteiger partial charge in [-0.1, -0.05) is 11.3 Å². The Bertz CT molecular complexity index is 797. The number of amides is 1. The average molecular weight is 412 g/mol. The van der Waals surface area contributed by atoms with Crippen molar-refractivity contribution in [3.05, 3.63) is 18.2 Å². The van der Waals surface area contributed by atoms with Crippen LogP contribution < -0.4 is 14.8 Å². The van der Waals surface area contributed by atoms with Crippen molar-refractivity contribution in [2.45, 2.75) is 19.1 Å². The molecule has 10 heteroatoms. The van der Waals surface area contributed by atoms with Crippen molar-refractivity contribution in [2.75, 3.05) is 31.9 Å². The zero-order valence-corrected chi connectivity index (χ0v) is 17.1. The first-order chi connectivity index (χ1) is 13.0. The number of anilines is 1. The van der Waals surface area contributed by atoms with E-state index in [0.29, 0.717) is 28.2 Å². The van der Waals surface area contributed by atoms with Crippen LogP contribution in [0.15, 0.2) is 18.2 Å². The van der Waals surface area contributed by atoms with Crippen molar-refractivity contribution in [1.82, 2.24) is 10.2 Å². The molecule has 2 rings (SSSR count). The summed E-state index contributed by atoms with van der Waals surface area (Å²) in [5, 5.41) is 11.4. The summed E-state index contributed by atoms with van der Waals surface area (Å²) in [6, 6.07) is 5.36. The van der Waals surface area contributed by atoms with Crippen LogP contribution in [0.5, 0.6) is 11.5 Å². The first-order valence-electron chi connectivity index (χ1n) is 8.12. The summed E-state index contributed by atoms with van der Waals surface area (Å²) < 4.78 is 15.4. The minimum absolute atomic E-state index is 0.116. The molecule has 1 amide bonds. The molecule has 1 aromatic heterocycles. The fraction of sp³-hybridized carbons (Fsp3) is 0.412. The van der Waals surface area contributed by atoms with Crippen LogP contribution >= 0.6 is 23.1 Å². The van der Waals surface area contributed by atoms with Crippen LogP contribution in [0.25, 0.3) is 10.6 Å². The van der Waals surface area contributed by atoms with Gasteiger partial charge in [0.2, 0.25) is 11.0 Å². The molecule has 0 aliphatic heterocycles. The average Bonchev–Trinajstić information content (AvgIpc) is 3.13. The zero-order chi connectivity index (χ0) is 19.8. The fourth-order valence-electron chi connectivity index (χ4n) is 2.04. The van der Waals surface area contributed by atoms with Crippen LogP contribution in [0.1, 0.15) is 13.8 Å². The SMILES string of the molecule is CCOC(=O)CS[C@H](C)C(=O)Nc1nnc(-c2cc(OC)ccc2OC)s1. The molecule has 1 N–H and O–H groups in total. The molecule has 8 nitrogen and oxygen atoms in total. The number of nitrogens with one attached hydrogen (secondary N) is 1. The lowest BCUT2D eigenvalue weighted by Crippen LogP contribution is -2.24. The van der Waals surface area contributed by atoms with Crippen molar-refractivity contribution in [1.29, 1.82) is 0 Å². The predicted molar refractivity (Wildman–Crippen MR) is 106 cm³/mol. The Morgan fingerprint density at radius 2 is 2.04 bits per heavy atom. The molecule has 2 aromatic rings. The van der Waals surface area contributed by atoms with Crippen LogP contribution in [-0.2, 0) is 14.3 Å². The van der Waals surface area contributed by atoms with Crippen molar-refractivity contribution in [3.8, 4) is 22.1 Å². The van der Waals surface area contributed by atoms with E-state index in [-0.39, 0.29) is 17.6 Å². The Hall–Kier alpha value is -2.33. The van der Waals surface area contributed by atoms with Gasteiger partial charge in [0.15, 0.2) is 5.01 Å². The molecular formula is C17H21N3O5S2. The summed E-state index contributed by atoms with van der Waals surface area (Å²) >= 11 is 2.42. The quantitative estimate of drug-likeness (QED) is 0.629. The molecule has 0 aliphatic rings. The second-order valence-electron chi connectivity index (χ2n) is 5.23. The normalized spacial score (nSPS) is 11.6. The second-order valence-corrected chi connectivity index (χ2v) is 7.53. The third-order valence-electron chi connectivity index (χ3n) is 3.42. The highest BCUT2D eigenvalue weighted by Gasteiger charge is 2.19.